The van der Waals surface area contributed by atoms with E-state index in [-0.39, 0.29) is 5.91 Å². The molecule has 5 nitrogen and oxygen atoms in total. The van der Waals surface area contributed by atoms with E-state index in [9.17, 15) is 4.79 Å². The number of hydrogen-bond acceptors (Lipinski definition) is 4. The number of amides is 1. The highest BCUT2D eigenvalue weighted by Gasteiger charge is 2.19. The minimum Gasteiger partial charge on any atom is -0.381 e. The van der Waals surface area contributed by atoms with Crippen molar-refractivity contribution >= 4 is 11.7 Å². The van der Waals surface area contributed by atoms with Crippen LogP contribution in [0.2, 0.25) is 0 Å². The van der Waals surface area contributed by atoms with Crippen LogP contribution < -0.4 is 5.32 Å². The van der Waals surface area contributed by atoms with Crippen molar-refractivity contribution in [3.05, 3.63) is 23.9 Å². The fraction of sp³-hybridized carbons (Fsp3) is 0.571. The Bertz CT molecular complexity index is 413. The zero-order chi connectivity index (χ0) is 13.7. The van der Waals surface area contributed by atoms with Crippen molar-refractivity contribution in [1.29, 1.82) is 0 Å². The summed E-state index contributed by atoms with van der Waals surface area (Å²) >= 11 is 0. The average Bonchev–Trinajstić information content (AvgIpc) is 2.47. The first-order chi connectivity index (χ1) is 9.20. The normalized spacial score (nSPS) is 16.1. The lowest BCUT2D eigenvalue weighted by molar-refractivity contribution is 0.0497. The summed E-state index contributed by atoms with van der Waals surface area (Å²) in [6.07, 6.45) is 3.69. The number of carbonyl (C=O) groups excluding carboxylic acids is 1. The van der Waals surface area contributed by atoms with Crippen molar-refractivity contribution in [2.24, 2.45) is 5.92 Å². The van der Waals surface area contributed by atoms with E-state index in [2.05, 4.69) is 10.3 Å². The van der Waals surface area contributed by atoms with E-state index in [4.69, 9.17) is 4.74 Å². The van der Waals surface area contributed by atoms with Crippen LogP contribution in [0.1, 0.15) is 23.2 Å². The lowest BCUT2D eigenvalue weighted by Crippen LogP contribution is -2.34. The molecule has 0 aliphatic carbocycles. The van der Waals surface area contributed by atoms with Crippen molar-refractivity contribution in [3.8, 4) is 0 Å². The third kappa shape index (κ3) is 3.67. The predicted molar refractivity (Wildman–Crippen MR) is 74.3 cm³/mol. The predicted octanol–water partition coefficient (Wildman–Crippen LogP) is 1.62. The van der Waals surface area contributed by atoms with Crippen LogP contribution in [0.4, 0.5) is 5.82 Å². The largest absolute Gasteiger partial charge is 0.381 e. The quantitative estimate of drug-likeness (QED) is 0.897. The minimum absolute atomic E-state index is 0.0293. The zero-order valence-corrected chi connectivity index (χ0v) is 11.6. The Labute approximate surface area is 114 Å². The maximum atomic E-state index is 12.3. The molecule has 0 unspecified atom stereocenters. The molecule has 1 aromatic rings. The van der Waals surface area contributed by atoms with Gasteiger partial charge in [0.25, 0.3) is 5.91 Å². The number of aromatic nitrogens is 1. The Balaban J connectivity index is 1.93. The molecule has 0 atom stereocenters. The number of hydrogen-bond donors (Lipinski definition) is 1. The summed E-state index contributed by atoms with van der Waals surface area (Å²) in [7, 11) is 3.66. The summed E-state index contributed by atoms with van der Waals surface area (Å²) in [6.45, 7) is 2.41. The van der Waals surface area contributed by atoms with Gasteiger partial charge in [0.2, 0.25) is 0 Å². The third-order valence-electron chi connectivity index (χ3n) is 3.49. The molecule has 1 saturated heterocycles. The highest BCUT2D eigenvalue weighted by Crippen LogP contribution is 2.16. The minimum atomic E-state index is 0.0293. The number of pyridine rings is 1. The second-order valence-electron chi connectivity index (χ2n) is 4.92. The number of ether oxygens (including phenoxy) is 1. The molecule has 1 aliphatic rings. The van der Waals surface area contributed by atoms with Gasteiger partial charge in [-0.1, -0.05) is 0 Å². The van der Waals surface area contributed by atoms with Crippen molar-refractivity contribution in [2.45, 2.75) is 12.8 Å². The molecule has 2 heterocycles. The highest BCUT2D eigenvalue weighted by molar-refractivity contribution is 5.93. The van der Waals surface area contributed by atoms with E-state index in [1.807, 2.05) is 19.2 Å². The molecule has 5 heteroatoms. The van der Waals surface area contributed by atoms with Gasteiger partial charge < -0.3 is 15.0 Å². The molecule has 2 rings (SSSR count). The van der Waals surface area contributed by atoms with E-state index < -0.39 is 0 Å². The Morgan fingerprint density at radius 1 is 1.47 bits per heavy atom. The summed E-state index contributed by atoms with van der Waals surface area (Å²) in [5.41, 5.74) is 0.633. The molecule has 0 spiro atoms. The summed E-state index contributed by atoms with van der Waals surface area (Å²) in [6, 6.07) is 3.62. The average molecular weight is 263 g/mol. The van der Waals surface area contributed by atoms with Gasteiger partial charge in [-0.25, -0.2) is 4.98 Å². The fourth-order valence-corrected chi connectivity index (χ4v) is 2.29. The van der Waals surface area contributed by atoms with Gasteiger partial charge in [0, 0.05) is 40.1 Å². The molecule has 1 fully saturated rings. The van der Waals surface area contributed by atoms with E-state index in [0.717, 1.165) is 38.4 Å². The van der Waals surface area contributed by atoms with Crippen LogP contribution in [-0.4, -0.2) is 49.6 Å². The van der Waals surface area contributed by atoms with E-state index >= 15 is 0 Å². The third-order valence-corrected chi connectivity index (χ3v) is 3.49. The lowest BCUT2D eigenvalue weighted by Gasteiger charge is -2.27. The molecular weight excluding hydrogens is 242 g/mol. The molecule has 0 saturated carbocycles. The van der Waals surface area contributed by atoms with Crippen LogP contribution in [0.5, 0.6) is 0 Å². The van der Waals surface area contributed by atoms with Gasteiger partial charge in [0.05, 0.1) is 5.56 Å². The first-order valence-corrected chi connectivity index (χ1v) is 6.67. The van der Waals surface area contributed by atoms with Gasteiger partial charge in [0.15, 0.2) is 0 Å². The van der Waals surface area contributed by atoms with E-state index in [1.165, 1.54) is 0 Å². The van der Waals surface area contributed by atoms with Crippen molar-refractivity contribution < 1.29 is 9.53 Å². The molecule has 1 N–H and O–H groups in total. The maximum Gasteiger partial charge on any atom is 0.255 e. The van der Waals surface area contributed by atoms with Crippen molar-refractivity contribution in [2.75, 3.05) is 39.2 Å². The zero-order valence-electron chi connectivity index (χ0n) is 11.6. The van der Waals surface area contributed by atoms with Crippen LogP contribution in [0, 0.1) is 5.92 Å². The van der Waals surface area contributed by atoms with Gasteiger partial charge >= 0.3 is 0 Å². The summed E-state index contributed by atoms with van der Waals surface area (Å²) < 4.78 is 5.33. The second-order valence-corrected chi connectivity index (χ2v) is 4.92. The smallest absolute Gasteiger partial charge is 0.255 e. The Morgan fingerprint density at radius 2 is 2.21 bits per heavy atom. The molecular formula is C14H21N3O2. The number of carbonyl (C=O) groups is 1. The van der Waals surface area contributed by atoms with Gasteiger partial charge in [0.1, 0.15) is 5.82 Å². The van der Waals surface area contributed by atoms with Gasteiger partial charge in [-0.2, -0.15) is 0 Å². The maximum absolute atomic E-state index is 12.3. The molecule has 1 aliphatic heterocycles. The number of nitrogens with zero attached hydrogens (tertiary/aromatic N) is 2. The van der Waals surface area contributed by atoms with Crippen LogP contribution in [0.15, 0.2) is 18.3 Å². The van der Waals surface area contributed by atoms with E-state index in [0.29, 0.717) is 11.5 Å². The second kappa shape index (κ2) is 6.52. The first kappa shape index (κ1) is 13.8. The Hall–Kier alpha value is -1.62. The van der Waals surface area contributed by atoms with Crippen LogP contribution >= 0.6 is 0 Å². The summed E-state index contributed by atoms with van der Waals surface area (Å²) in [5.74, 6) is 1.34. The molecule has 104 valence electrons. The van der Waals surface area contributed by atoms with Gasteiger partial charge in [-0.05, 0) is 30.9 Å². The lowest BCUT2D eigenvalue weighted by atomic mass is 10.00. The first-order valence-electron chi connectivity index (χ1n) is 6.67. The number of anilines is 1. The van der Waals surface area contributed by atoms with Crippen molar-refractivity contribution in [1.82, 2.24) is 9.88 Å². The molecule has 1 aromatic heterocycles. The van der Waals surface area contributed by atoms with Gasteiger partial charge in [-0.3, -0.25) is 4.79 Å². The number of rotatable bonds is 4. The molecule has 1 amide bonds. The van der Waals surface area contributed by atoms with Gasteiger partial charge in [-0.15, -0.1) is 0 Å². The summed E-state index contributed by atoms with van der Waals surface area (Å²) in [5, 5.41) is 2.94. The Kier molecular flexibility index (Phi) is 4.74. The SMILES string of the molecule is CNc1ccc(C(=O)N(C)CC2CCOCC2)cn1. The van der Waals surface area contributed by atoms with Crippen LogP contribution in [0.3, 0.4) is 0 Å². The van der Waals surface area contributed by atoms with E-state index in [1.54, 1.807) is 18.1 Å². The molecule has 19 heavy (non-hydrogen) atoms. The monoisotopic (exact) mass is 263 g/mol. The topological polar surface area (TPSA) is 54.5 Å². The molecule has 0 aromatic carbocycles. The number of nitrogens with one attached hydrogen (secondary N) is 1. The summed E-state index contributed by atoms with van der Waals surface area (Å²) in [4.78, 5) is 18.2. The van der Waals surface area contributed by atoms with Crippen LogP contribution in [0.25, 0.3) is 0 Å². The fourth-order valence-electron chi connectivity index (χ4n) is 2.29. The highest BCUT2D eigenvalue weighted by atomic mass is 16.5. The molecule has 0 radical (unpaired) electrons. The van der Waals surface area contributed by atoms with Crippen molar-refractivity contribution in [3.63, 3.8) is 0 Å². The molecule has 0 bridgehead atoms. The standard InChI is InChI=1S/C14H21N3O2/c1-15-13-4-3-12(9-16-13)14(18)17(2)10-11-5-7-19-8-6-11/h3-4,9,11H,5-8,10H2,1-2H3,(H,15,16). The Morgan fingerprint density at radius 3 is 2.79 bits per heavy atom. The van der Waals surface area contributed by atoms with Crippen LogP contribution in [-0.2, 0) is 4.74 Å².